The summed E-state index contributed by atoms with van der Waals surface area (Å²) in [5.41, 5.74) is 2.20. The summed E-state index contributed by atoms with van der Waals surface area (Å²) in [5.74, 6) is -1.18. The van der Waals surface area contributed by atoms with Crippen LogP contribution in [0.4, 0.5) is 0 Å². The molecule has 2 N–H and O–H groups in total. The Hall–Kier alpha value is -2.43. The molecule has 0 aliphatic rings. The number of rotatable bonds is 4. The zero-order chi connectivity index (χ0) is 15.6. The lowest BCUT2D eigenvalue weighted by Crippen LogP contribution is -2.19. The predicted molar refractivity (Wildman–Crippen MR) is 84.3 cm³/mol. The number of benzene rings is 2. The van der Waals surface area contributed by atoms with E-state index in [1.807, 2.05) is 36.4 Å². The van der Waals surface area contributed by atoms with Crippen LogP contribution in [0.1, 0.15) is 18.2 Å². The summed E-state index contributed by atoms with van der Waals surface area (Å²) < 4.78 is 5.68. The van der Waals surface area contributed by atoms with Crippen molar-refractivity contribution in [3.05, 3.63) is 71.9 Å². The fraction of sp³-hybridized carbons (Fsp3) is 0.167. The SMILES string of the molecule is CC(O)(O)c1ccc(OCc2ccc3ccccc3n2)cc1. The molecule has 0 saturated carbocycles. The lowest BCUT2D eigenvalue weighted by atomic mass is 10.1. The van der Waals surface area contributed by atoms with Crippen molar-refractivity contribution in [2.75, 3.05) is 0 Å². The highest BCUT2D eigenvalue weighted by molar-refractivity contribution is 5.78. The van der Waals surface area contributed by atoms with Crippen LogP contribution in [-0.2, 0) is 12.4 Å². The first-order valence-electron chi connectivity index (χ1n) is 7.05. The minimum absolute atomic E-state index is 0.361. The summed E-state index contributed by atoms with van der Waals surface area (Å²) in [7, 11) is 0. The third-order valence-electron chi connectivity index (χ3n) is 3.44. The second-order valence-electron chi connectivity index (χ2n) is 5.33. The van der Waals surface area contributed by atoms with Crippen molar-refractivity contribution < 1.29 is 14.9 Å². The van der Waals surface area contributed by atoms with Gasteiger partial charge in [-0.1, -0.05) is 36.4 Å². The molecule has 4 heteroatoms. The zero-order valence-corrected chi connectivity index (χ0v) is 12.2. The number of fused-ring (bicyclic) bond motifs is 1. The van der Waals surface area contributed by atoms with E-state index in [9.17, 15) is 10.2 Å². The van der Waals surface area contributed by atoms with Crippen molar-refractivity contribution in [2.45, 2.75) is 19.3 Å². The molecule has 0 aliphatic carbocycles. The summed E-state index contributed by atoms with van der Waals surface area (Å²) in [6.45, 7) is 1.68. The van der Waals surface area contributed by atoms with Gasteiger partial charge in [0.1, 0.15) is 12.4 Å². The molecule has 4 nitrogen and oxygen atoms in total. The summed E-state index contributed by atoms with van der Waals surface area (Å²) in [4.78, 5) is 4.54. The topological polar surface area (TPSA) is 62.6 Å². The molecule has 0 spiro atoms. The smallest absolute Gasteiger partial charge is 0.186 e. The predicted octanol–water partition coefficient (Wildman–Crippen LogP) is 2.97. The lowest BCUT2D eigenvalue weighted by Gasteiger charge is -2.16. The molecule has 0 atom stereocenters. The van der Waals surface area contributed by atoms with Crippen molar-refractivity contribution in [3.63, 3.8) is 0 Å². The molecule has 2 aromatic carbocycles. The standard InChI is InChI=1S/C18H17NO3/c1-18(20,21)14-7-10-16(11-8-14)22-12-15-9-6-13-4-2-3-5-17(13)19-15/h2-11,20-21H,12H2,1H3. The van der Waals surface area contributed by atoms with Crippen molar-refractivity contribution in [1.29, 1.82) is 0 Å². The molecule has 0 aliphatic heterocycles. The summed E-state index contributed by atoms with van der Waals surface area (Å²) >= 11 is 0. The fourth-order valence-corrected chi connectivity index (χ4v) is 2.21. The number of hydrogen-bond donors (Lipinski definition) is 2. The molecule has 0 radical (unpaired) electrons. The van der Waals surface area contributed by atoms with E-state index in [0.717, 1.165) is 16.6 Å². The van der Waals surface area contributed by atoms with Gasteiger partial charge in [-0.2, -0.15) is 0 Å². The highest BCUT2D eigenvalue weighted by Gasteiger charge is 2.17. The number of para-hydroxylation sites is 1. The Morgan fingerprint density at radius 1 is 0.955 bits per heavy atom. The largest absolute Gasteiger partial charge is 0.487 e. The third-order valence-corrected chi connectivity index (χ3v) is 3.44. The van der Waals surface area contributed by atoms with E-state index >= 15 is 0 Å². The van der Waals surface area contributed by atoms with E-state index in [-0.39, 0.29) is 0 Å². The number of aliphatic hydroxyl groups is 2. The minimum Gasteiger partial charge on any atom is -0.487 e. The summed E-state index contributed by atoms with van der Waals surface area (Å²) in [5, 5.41) is 20.1. The number of pyridine rings is 1. The number of aromatic nitrogens is 1. The number of hydrogen-bond acceptors (Lipinski definition) is 4. The molecule has 112 valence electrons. The van der Waals surface area contributed by atoms with Gasteiger partial charge in [-0.05, 0) is 31.2 Å². The summed E-state index contributed by atoms with van der Waals surface area (Å²) in [6, 6.07) is 18.6. The van der Waals surface area contributed by atoms with Crippen LogP contribution in [0.2, 0.25) is 0 Å². The lowest BCUT2D eigenvalue weighted by molar-refractivity contribution is -0.152. The van der Waals surface area contributed by atoms with E-state index in [1.54, 1.807) is 24.3 Å². The fourth-order valence-electron chi connectivity index (χ4n) is 2.21. The van der Waals surface area contributed by atoms with E-state index in [1.165, 1.54) is 6.92 Å². The summed E-state index contributed by atoms with van der Waals surface area (Å²) in [6.07, 6.45) is 0. The number of ether oxygens (including phenoxy) is 1. The van der Waals surface area contributed by atoms with Crippen LogP contribution < -0.4 is 4.74 Å². The van der Waals surface area contributed by atoms with Gasteiger partial charge in [0.2, 0.25) is 0 Å². The normalized spacial score (nSPS) is 11.6. The molecule has 22 heavy (non-hydrogen) atoms. The van der Waals surface area contributed by atoms with Gasteiger partial charge >= 0.3 is 0 Å². The van der Waals surface area contributed by atoms with Gasteiger partial charge in [-0.15, -0.1) is 0 Å². The van der Waals surface area contributed by atoms with Gasteiger partial charge in [-0.25, -0.2) is 4.98 Å². The van der Waals surface area contributed by atoms with Crippen molar-refractivity contribution in [3.8, 4) is 5.75 Å². The molecule has 0 saturated heterocycles. The van der Waals surface area contributed by atoms with Crippen LogP contribution in [0.3, 0.4) is 0 Å². The van der Waals surface area contributed by atoms with Gasteiger partial charge in [-0.3, -0.25) is 0 Å². The Balaban J connectivity index is 1.71. The van der Waals surface area contributed by atoms with Gasteiger partial charge < -0.3 is 14.9 Å². The van der Waals surface area contributed by atoms with Crippen LogP contribution in [0.15, 0.2) is 60.7 Å². The van der Waals surface area contributed by atoms with Crippen molar-refractivity contribution in [2.24, 2.45) is 0 Å². The second-order valence-corrected chi connectivity index (χ2v) is 5.33. The first-order valence-corrected chi connectivity index (χ1v) is 7.05. The monoisotopic (exact) mass is 295 g/mol. The number of nitrogens with zero attached hydrogens (tertiary/aromatic N) is 1. The highest BCUT2D eigenvalue weighted by Crippen LogP contribution is 2.21. The van der Waals surface area contributed by atoms with Gasteiger partial charge in [0.05, 0.1) is 11.2 Å². The minimum atomic E-state index is -1.83. The highest BCUT2D eigenvalue weighted by atomic mass is 16.5. The Kier molecular flexibility index (Phi) is 3.79. The van der Waals surface area contributed by atoms with E-state index in [2.05, 4.69) is 4.98 Å². The molecule has 1 aromatic heterocycles. The van der Waals surface area contributed by atoms with E-state index in [4.69, 9.17) is 4.74 Å². The quantitative estimate of drug-likeness (QED) is 0.726. The molecule has 0 amide bonds. The third kappa shape index (κ3) is 3.24. The van der Waals surface area contributed by atoms with Crippen LogP contribution in [0, 0.1) is 0 Å². The Bertz CT molecular complexity index is 776. The Morgan fingerprint density at radius 3 is 2.41 bits per heavy atom. The first kappa shape index (κ1) is 14.5. The molecule has 0 fully saturated rings. The maximum atomic E-state index is 9.49. The molecule has 0 bridgehead atoms. The Morgan fingerprint density at radius 2 is 1.68 bits per heavy atom. The molecule has 1 heterocycles. The molecular weight excluding hydrogens is 278 g/mol. The van der Waals surface area contributed by atoms with Crippen LogP contribution in [0.25, 0.3) is 10.9 Å². The maximum Gasteiger partial charge on any atom is 0.186 e. The second kappa shape index (κ2) is 5.75. The molecule has 3 rings (SSSR count). The van der Waals surface area contributed by atoms with Gasteiger partial charge in [0, 0.05) is 10.9 Å². The van der Waals surface area contributed by atoms with E-state index in [0.29, 0.717) is 17.9 Å². The van der Waals surface area contributed by atoms with Gasteiger partial charge in [0.25, 0.3) is 0 Å². The molecular formula is C18H17NO3. The average Bonchev–Trinajstić information content (AvgIpc) is 2.52. The van der Waals surface area contributed by atoms with Crippen LogP contribution >= 0.6 is 0 Å². The zero-order valence-electron chi connectivity index (χ0n) is 12.2. The first-order chi connectivity index (χ1) is 10.5. The average molecular weight is 295 g/mol. The van der Waals surface area contributed by atoms with Crippen molar-refractivity contribution in [1.82, 2.24) is 4.98 Å². The van der Waals surface area contributed by atoms with Gasteiger partial charge in [0.15, 0.2) is 5.79 Å². The van der Waals surface area contributed by atoms with Crippen LogP contribution in [-0.4, -0.2) is 15.2 Å². The molecule has 0 unspecified atom stereocenters. The Labute approximate surface area is 128 Å². The maximum absolute atomic E-state index is 9.49. The van der Waals surface area contributed by atoms with Crippen molar-refractivity contribution >= 4 is 10.9 Å². The molecule has 3 aromatic rings. The van der Waals surface area contributed by atoms with Crippen LogP contribution in [0.5, 0.6) is 5.75 Å². The van der Waals surface area contributed by atoms with E-state index < -0.39 is 5.79 Å².